The summed E-state index contributed by atoms with van der Waals surface area (Å²) in [5.41, 5.74) is 5.37. The zero-order valence-corrected chi connectivity index (χ0v) is 9.18. The van der Waals surface area contributed by atoms with E-state index in [1.807, 2.05) is 0 Å². The van der Waals surface area contributed by atoms with Crippen molar-refractivity contribution >= 4 is 11.7 Å². The molecule has 0 spiro atoms. The third-order valence-corrected chi connectivity index (χ3v) is 2.31. The van der Waals surface area contributed by atoms with Crippen LogP contribution in [0.3, 0.4) is 0 Å². The third kappa shape index (κ3) is 3.67. The minimum absolute atomic E-state index is 0.0844. The van der Waals surface area contributed by atoms with Gasteiger partial charge in [-0.1, -0.05) is 12.1 Å². The maximum atomic E-state index is 11.6. The number of carbonyl (C=O) groups excluding carboxylic acids is 1. The van der Waals surface area contributed by atoms with Gasteiger partial charge in [0.25, 0.3) is 5.91 Å². The van der Waals surface area contributed by atoms with Crippen molar-refractivity contribution in [3.63, 3.8) is 0 Å². The maximum absolute atomic E-state index is 11.6. The van der Waals surface area contributed by atoms with Crippen LogP contribution in [0.2, 0.25) is 0 Å². The molecule has 0 saturated carbocycles. The Morgan fingerprint density at radius 2 is 2.44 bits per heavy atom. The zero-order chi connectivity index (χ0) is 12.0. The van der Waals surface area contributed by atoms with E-state index in [9.17, 15) is 4.79 Å². The van der Waals surface area contributed by atoms with Gasteiger partial charge in [-0.25, -0.2) is 0 Å². The second-order valence-electron chi connectivity index (χ2n) is 3.61. The predicted molar refractivity (Wildman–Crippen MR) is 56.1 cm³/mol. The number of nitrogens with two attached hydrogens (primary N) is 1. The molecule has 0 radical (unpaired) electrons. The average molecular weight is 231 g/mol. The lowest BCUT2D eigenvalue weighted by molar-refractivity contribution is -0.147. The summed E-state index contributed by atoms with van der Waals surface area (Å²) in [5.74, 6) is -0.378. The van der Waals surface area contributed by atoms with E-state index in [0.29, 0.717) is 19.8 Å². The summed E-state index contributed by atoms with van der Waals surface area (Å²) in [4.78, 5) is 11.6. The Bertz CT molecular complexity index is 263. The Labute approximate surface area is 93.6 Å². The van der Waals surface area contributed by atoms with E-state index in [1.54, 1.807) is 6.92 Å². The number of amides is 1. The summed E-state index contributed by atoms with van der Waals surface area (Å²) >= 11 is 0. The van der Waals surface area contributed by atoms with Crippen LogP contribution in [0.25, 0.3) is 0 Å². The van der Waals surface area contributed by atoms with Gasteiger partial charge in [0.2, 0.25) is 0 Å². The molecule has 0 aromatic heterocycles. The van der Waals surface area contributed by atoms with E-state index in [0.717, 1.165) is 0 Å². The standard InChI is InChI=1S/C9H17N3O4/c1-6(8(10)12-14)4-11-9(13)7-5-15-2-3-16-7/h6-7,14H,2-5H2,1H3,(H2,10,12)(H,11,13). The molecule has 0 aliphatic carbocycles. The summed E-state index contributed by atoms with van der Waals surface area (Å²) in [6.45, 7) is 3.25. The number of hydrogen-bond acceptors (Lipinski definition) is 5. The van der Waals surface area contributed by atoms with Gasteiger partial charge in [0.1, 0.15) is 5.84 Å². The van der Waals surface area contributed by atoms with Crippen molar-refractivity contribution in [1.29, 1.82) is 0 Å². The minimum Gasteiger partial charge on any atom is -0.409 e. The van der Waals surface area contributed by atoms with Crippen molar-refractivity contribution in [2.75, 3.05) is 26.4 Å². The molecule has 0 aromatic carbocycles. The van der Waals surface area contributed by atoms with Gasteiger partial charge in [-0.2, -0.15) is 0 Å². The first-order chi connectivity index (χ1) is 7.65. The van der Waals surface area contributed by atoms with Gasteiger partial charge in [0.15, 0.2) is 6.10 Å². The van der Waals surface area contributed by atoms with Crippen LogP contribution in [0.15, 0.2) is 5.16 Å². The van der Waals surface area contributed by atoms with Gasteiger partial charge >= 0.3 is 0 Å². The molecule has 0 aromatic rings. The molecule has 2 unspecified atom stereocenters. The van der Waals surface area contributed by atoms with Gasteiger partial charge in [-0.05, 0) is 0 Å². The van der Waals surface area contributed by atoms with E-state index in [-0.39, 0.29) is 24.3 Å². The van der Waals surface area contributed by atoms with Gasteiger partial charge in [0.05, 0.1) is 19.8 Å². The number of nitrogens with zero attached hydrogens (tertiary/aromatic N) is 1. The van der Waals surface area contributed by atoms with E-state index >= 15 is 0 Å². The molecule has 16 heavy (non-hydrogen) atoms. The molecule has 1 rings (SSSR count). The van der Waals surface area contributed by atoms with E-state index in [1.165, 1.54) is 0 Å². The van der Waals surface area contributed by atoms with Crippen LogP contribution in [0.5, 0.6) is 0 Å². The van der Waals surface area contributed by atoms with E-state index in [4.69, 9.17) is 20.4 Å². The highest BCUT2D eigenvalue weighted by atomic mass is 16.6. The van der Waals surface area contributed by atoms with Crippen molar-refractivity contribution in [2.45, 2.75) is 13.0 Å². The fourth-order valence-electron chi connectivity index (χ4n) is 1.21. The van der Waals surface area contributed by atoms with Crippen LogP contribution < -0.4 is 11.1 Å². The number of amidine groups is 1. The number of nitrogens with one attached hydrogen (secondary N) is 1. The molecular formula is C9H17N3O4. The second-order valence-corrected chi connectivity index (χ2v) is 3.61. The van der Waals surface area contributed by atoms with Crippen LogP contribution in [-0.4, -0.2) is 49.4 Å². The van der Waals surface area contributed by atoms with Crippen molar-refractivity contribution in [1.82, 2.24) is 5.32 Å². The highest BCUT2D eigenvalue weighted by Gasteiger charge is 2.22. The third-order valence-electron chi connectivity index (χ3n) is 2.31. The quantitative estimate of drug-likeness (QED) is 0.246. The summed E-state index contributed by atoms with van der Waals surface area (Å²) in [5, 5.41) is 13.9. The number of hydrogen-bond donors (Lipinski definition) is 3. The second kappa shape index (κ2) is 6.29. The van der Waals surface area contributed by atoms with Gasteiger partial charge in [-0.3, -0.25) is 4.79 Å². The average Bonchev–Trinajstić information content (AvgIpc) is 2.35. The van der Waals surface area contributed by atoms with Crippen LogP contribution >= 0.6 is 0 Å². The monoisotopic (exact) mass is 231 g/mol. The van der Waals surface area contributed by atoms with Crippen LogP contribution in [0.4, 0.5) is 0 Å². The van der Waals surface area contributed by atoms with Gasteiger partial charge < -0.3 is 25.7 Å². The summed E-state index contributed by atoms with van der Waals surface area (Å²) in [6, 6.07) is 0. The lowest BCUT2D eigenvalue weighted by atomic mass is 10.1. The Morgan fingerprint density at radius 3 is 3.00 bits per heavy atom. The molecule has 4 N–H and O–H groups in total. The largest absolute Gasteiger partial charge is 0.409 e. The fraction of sp³-hybridized carbons (Fsp3) is 0.778. The molecule has 1 heterocycles. The highest BCUT2D eigenvalue weighted by molar-refractivity contribution is 5.84. The zero-order valence-electron chi connectivity index (χ0n) is 9.18. The molecule has 1 fully saturated rings. The first kappa shape index (κ1) is 12.7. The topological polar surface area (TPSA) is 106 Å². The van der Waals surface area contributed by atoms with Crippen molar-refractivity contribution < 1.29 is 19.5 Å². The van der Waals surface area contributed by atoms with E-state index < -0.39 is 6.10 Å². The lowest BCUT2D eigenvalue weighted by Crippen LogP contribution is -2.45. The van der Waals surface area contributed by atoms with Crippen LogP contribution in [0, 0.1) is 5.92 Å². The smallest absolute Gasteiger partial charge is 0.251 e. The molecule has 7 heteroatoms. The fourth-order valence-corrected chi connectivity index (χ4v) is 1.21. The molecule has 7 nitrogen and oxygen atoms in total. The Morgan fingerprint density at radius 1 is 1.69 bits per heavy atom. The Hall–Kier alpha value is -1.34. The molecule has 2 atom stereocenters. The van der Waals surface area contributed by atoms with Crippen LogP contribution in [0.1, 0.15) is 6.92 Å². The molecule has 1 aliphatic rings. The SMILES string of the molecule is CC(CNC(=O)C1COCCO1)C(N)=NO. The number of rotatable bonds is 4. The lowest BCUT2D eigenvalue weighted by Gasteiger charge is -2.22. The van der Waals surface area contributed by atoms with Crippen molar-refractivity contribution in [2.24, 2.45) is 16.8 Å². The molecule has 1 aliphatic heterocycles. The molecule has 1 saturated heterocycles. The summed E-state index contributed by atoms with van der Waals surface area (Å²) < 4.78 is 10.3. The van der Waals surface area contributed by atoms with Gasteiger partial charge in [-0.15, -0.1) is 0 Å². The van der Waals surface area contributed by atoms with E-state index in [2.05, 4.69) is 10.5 Å². The highest BCUT2D eigenvalue weighted by Crippen LogP contribution is 2.01. The molecule has 0 bridgehead atoms. The molecular weight excluding hydrogens is 214 g/mol. The maximum Gasteiger partial charge on any atom is 0.251 e. The predicted octanol–water partition coefficient (Wildman–Crippen LogP) is -1.10. The summed E-state index contributed by atoms with van der Waals surface area (Å²) in [7, 11) is 0. The normalized spacial score (nSPS) is 23.8. The number of oxime groups is 1. The first-order valence-electron chi connectivity index (χ1n) is 5.09. The molecule has 92 valence electrons. The number of ether oxygens (including phenoxy) is 2. The Balaban J connectivity index is 2.28. The van der Waals surface area contributed by atoms with Crippen molar-refractivity contribution in [3.05, 3.63) is 0 Å². The Kier molecular flexibility index (Phi) is 5.00. The minimum atomic E-state index is -0.562. The van der Waals surface area contributed by atoms with Crippen LogP contribution in [-0.2, 0) is 14.3 Å². The van der Waals surface area contributed by atoms with Gasteiger partial charge in [0, 0.05) is 12.5 Å². The molecule has 1 amide bonds. The summed E-state index contributed by atoms with van der Waals surface area (Å²) in [6.07, 6.45) is -0.562. The number of carbonyl (C=O) groups is 1. The van der Waals surface area contributed by atoms with Crippen molar-refractivity contribution in [3.8, 4) is 0 Å². The first-order valence-corrected chi connectivity index (χ1v) is 5.09.